The van der Waals surface area contributed by atoms with Crippen molar-refractivity contribution in [1.29, 1.82) is 0 Å². The predicted octanol–water partition coefficient (Wildman–Crippen LogP) is 7.31. The normalized spacial score (nSPS) is 22.5. The quantitative estimate of drug-likeness (QED) is 0.419. The fraction of sp³-hybridized carbons (Fsp3) is 0.786. The van der Waals surface area contributed by atoms with Crippen LogP contribution in [-0.2, 0) is 14.3 Å². The molecule has 5 heteroatoms. The molecule has 3 fully saturated rings. The van der Waals surface area contributed by atoms with E-state index < -0.39 is 15.7 Å². The number of rotatable bonds is 7. The third-order valence-corrected chi connectivity index (χ3v) is 9.55. The van der Waals surface area contributed by atoms with Gasteiger partial charge in [-0.3, -0.25) is 4.18 Å². The molecule has 1 aromatic rings. The maximum atomic E-state index is 13.8. The number of hydrogen-bond donors (Lipinski definition) is 1. The summed E-state index contributed by atoms with van der Waals surface area (Å²) in [5.41, 5.74) is 2.23. The molecule has 0 bridgehead atoms. The van der Waals surface area contributed by atoms with Gasteiger partial charge in [-0.15, -0.1) is 0 Å². The molecule has 1 aromatic carbocycles. The number of benzene rings is 1. The van der Waals surface area contributed by atoms with Gasteiger partial charge in [-0.25, -0.2) is 0 Å². The molecule has 186 valence electrons. The topological polar surface area (TPSA) is 63.6 Å². The molecule has 0 heterocycles. The van der Waals surface area contributed by atoms with E-state index in [1.54, 1.807) is 13.8 Å². The summed E-state index contributed by atoms with van der Waals surface area (Å²) in [5.74, 6) is 1.14. The summed E-state index contributed by atoms with van der Waals surface area (Å²) >= 11 is 0. The lowest BCUT2D eigenvalue weighted by molar-refractivity contribution is 0.0306. The van der Waals surface area contributed by atoms with Gasteiger partial charge < -0.3 is 5.11 Å². The van der Waals surface area contributed by atoms with Crippen molar-refractivity contribution >= 4 is 10.1 Å². The van der Waals surface area contributed by atoms with Crippen LogP contribution in [0.1, 0.15) is 145 Å². The van der Waals surface area contributed by atoms with Crippen molar-refractivity contribution in [2.45, 2.75) is 138 Å². The van der Waals surface area contributed by atoms with Crippen LogP contribution in [0.2, 0.25) is 0 Å². The van der Waals surface area contributed by atoms with Crippen LogP contribution in [0.25, 0.3) is 0 Å². The summed E-state index contributed by atoms with van der Waals surface area (Å²) in [6, 6.07) is 4.53. The van der Waals surface area contributed by atoms with E-state index in [9.17, 15) is 13.5 Å². The van der Waals surface area contributed by atoms with Gasteiger partial charge in [0.25, 0.3) is 10.1 Å². The summed E-state index contributed by atoms with van der Waals surface area (Å²) in [4.78, 5) is 0.463. The summed E-state index contributed by atoms with van der Waals surface area (Å²) in [6.45, 7) is 2.98. The van der Waals surface area contributed by atoms with Crippen LogP contribution < -0.4 is 0 Å². The zero-order valence-electron chi connectivity index (χ0n) is 20.8. The number of aliphatic hydroxyl groups is 1. The molecule has 0 spiro atoms. The predicted molar refractivity (Wildman–Crippen MR) is 133 cm³/mol. The smallest absolute Gasteiger partial charge is 0.297 e. The number of hydrogen-bond acceptors (Lipinski definition) is 4. The Bertz CT molecular complexity index is 842. The molecule has 1 N–H and O–H groups in total. The summed E-state index contributed by atoms with van der Waals surface area (Å²) < 4.78 is 33.1. The Labute approximate surface area is 201 Å². The molecular formula is C28H44O4S. The van der Waals surface area contributed by atoms with Crippen molar-refractivity contribution in [3.63, 3.8) is 0 Å². The second-order valence-electron chi connectivity index (χ2n) is 11.6. The van der Waals surface area contributed by atoms with Crippen molar-refractivity contribution in [2.75, 3.05) is 6.61 Å². The third-order valence-electron chi connectivity index (χ3n) is 8.15. The van der Waals surface area contributed by atoms with Crippen molar-refractivity contribution in [1.82, 2.24) is 0 Å². The third kappa shape index (κ3) is 6.41. The first kappa shape index (κ1) is 25.2. The minimum atomic E-state index is -3.96. The van der Waals surface area contributed by atoms with Gasteiger partial charge in [0.1, 0.15) is 4.90 Å². The van der Waals surface area contributed by atoms with Crippen LogP contribution in [0, 0.1) is 0 Å². The summed E-state index contributed by atoms with van der Waals surface area (Å²) in [6.07, 6.45) is 17.7. The molecule has 33 heavy (non-hydrogen) atoms. The van der Waals surface area contributed by atoms with Gasteiger partial charge in [-0.2, -0.15) is 8.42 Å². The molecule has 0 amide bonds. The second-order valence-corrected chi connectivity index (χ2v) is 13.1. The lowest BCUT2D eigenvalue weighted by atomic mass is 9.76. The Hall–Kier alpha value is -0.910. The van der Waals surface area contributed by atoms with Crippen molar-refractivity contribution < 1.29 is 17.7 Å². The Morgan fingerprint density at radius 3 is 1.55 bits per heavy atom. The minimum Gasteiger partial charge on any atom is -0.388 e. The highest BCUT2D eigenvalue weighted by Gasteiger charge is 2.34. The molecule has 4 rings (SSSR count). The molecule has 0 aromatic heterocycles. The zero-order chi connectivity index (χ0) is 23.5. The molecule has 0 aliphatic heterocycles. The van der Waals surface area contributed by atoms with Gasteiger partial charge in [0.2, 0.25) is 0 Å². The first-order valence-electron chi connectivity index (χ1n) is 13.5. The first-order chi connectivity index (χ1) is 15.7. The van der Waals surface area contributed by atoms with Crippen molar-refractivity contribution in [2.24, 2.45) is 0 Å². The van der Waals surface area contributed by atoms with Gasteiger partial charge in [-0.05, 0) is 86.8 Å². The maximum Gasteiger partial charge on any atom is 0.297 e. The van der Waals surface area contributed by atoms with E-state index in [2.05, 4.69) is 12.1 Å². The van der Waals surface area contributed by atoms with Crippen LogP contribution in [0.15, 0.2) is 17.0 Å². The molecule has 0 unspecified atom stereocenters. The zero-order valence-corrected chi connectivity index (χ0v) is 21.6. The lowest BCUT2D eigenvalue weighted by Crippen LogP contribution is -2.29. The molecule has 3 aliphatic carbocycles. The minimum absolute atomic E-state index is 0.214. The summed E-state index contributed by atoms with van der Waals surface area (Å²) in [7, 11) is -3.96. The van der Waals surface area contributed by atoms with Gasteiger partial charge >= 0.3 is 0 Å². The van der Waals surface area contributed by atoms with Crippen LogP contribution in [-0.4, -0.2) is 25.7 Å². The Morgan fingerprint density at radius 2 is 1.15 bits per heavy atom. The van der Waals surface area contributed by atoms with Gasteiger partial charge in [-0.1, -0.05) is 69.9 Å². The Balaban J connectivity index is 1.84. The van der Waals surface area contributed by atoms with E-state index in [4.69, 9.17) is 4.18 Å². The maximum absolute atomic E-state index is 13.8. The standard InChI is InChI=1S/C28H44O4S/c1-28(2,29)20-32-33(30,31)27-25(22-14-8-4-9-15-22)18-24(21-12-6-3-7-13-21)19-26(27)23-16-10-5-11-17-23/h18-19,21-23,29H,3-17,20H2,1-2H3. The molecule has 3 aliphatic rings. The van der Waals surface area contributed by atoms with E-state index in [1.807, 2.05) is 0 Å². The van der Waals surface area contributed by atoms with E-state index >= 15 is 0 Å². The van der Waals surface area contributed by atoms with Crippen molar-refractivity contribution in [3.05, 3.63) is 28.8 Å². The summed E-state index contributed by atoms with van der Waals surface area (Å²) in [5, 5.41) is 10.2. The highest BCUT2D eigenvalue weighted by Crippen LogP contribution is 2.46. The first-order valence-corrected chi connectivity index (χ1v) is 14.9. The van der Waals surface area contributed by atoms with Crippen LogP contribution in [0.3, 0.4) is 0 Å². The van der Waals surface area contributed by atoms with Gasteiger partial charge in [0.05, 0.1) is 12.2 Å². The van der Waals surface area contributed by atoms with Gasteiger partial charge in [0.15, 0.2) is 0 Å². The van der Waals surface area contributed by atoms with Crippen LogP contribution in [0.4, 0.5) is 0 Å². The SMILES string of the molecule is CC(C)(O)COS(=O)(=O)c1c(C2CCCCC2)cc(C2CCCCC2)cc1C1CCCCC1. The molecule has 3 saturated carbocycles. The average Bonchev–Trinajstić information content (AvgIpc) is 2.83. The fourth-order valence-electron chi connectivity index (χ4n) is 6.37. The van der Waals surface area contributed by atoms with Crippen molar-refractivity contribution in [3.8, 4) is 0 Å². The molecule has 0 radical (unpaired) electrons. The molecule has 4 nitrogen and oxygen atoms in total. The monoisotopic (exact) mass is 476 g/mol. The Kier molecular flexibility index (Phi) is 8.23. The fourth-order valence-corrected chi connectivity index (χ4v) is 7.96. The van der Waals surface area contributed by atoms with E-state index in [-0.39, 0.29) is 6.61 Å². The van der Waals surface area contributed by atoms with Gasteiger partial charge in [0, 0.05) is 0 Å². The molecule has 0 saturated heterocycles. The van der Waals surface area contributed by atoms with Crippen LogP contribution in [0.5, 0.6) is 0 Å². The Morgan fingerprint density at radius 1 is 0.758 bits per heavy atom. The largest absolute Gasteiger partial charge is 0.388 e. The van der Waals surface area contributed by atoms with E-state index in [1.165, 1.54) is 76.2 Å². The molecular weight excluding hydrogens is 432 g/mol. The average molecular weight is 477 g/mol. The van der Waals surface area contributed by atoms with E-state index in [0.29, 0.717) is 22.6 Å². The highest BCUT2D eigenvalue weighted by molar-refractivity contribution is 7.86. The second kappa shape index (κ2) is 10.8. The van der Waals surface area contributed by atoms with E-state index in [0.717, 1.165) is 36.8 Å². The van der Waals surface area contributed by atoms with Crippen LogP contribution >= 0.6 is 0 Å². The lowest BCUT2D eigenvalue weighted by Gasteiger charge is -2.32. The molecule has 0 atom stereocenters. The highest BCUT2D eigenvalue weighted by atomic mass is 32.2.